The molecule has 0 unspecified atom stereocenters. The number of nitrogens with zero attached hydrogens (tertiary/aromatic N) is 2. The van der Waals surface area contributed by atoms with Gasteiger partial charge in [0.2, 0.25) is 5.91 Å². The molecule has 5 heteroatoms. The quantitative estimate of drug-likeness (QED) is 0.859. The van der Waals surface area contributed by atoms with E-state index in [2.05, 4.69) is 17.1 Å². The predicted octanol–water partition coefficient (Wildman–Crippen LogP) is 1.74. The molecule has 0 bridgehead atoms. The van der Waals surface area contributed by atoms with Gasteiger partial charge in [-0.3, -0.25) is 9.69 Å². The summed E-state index contributed by atoms with van der Waals surface area (Å²) in [7, 11) is 1.98. The van der Waals surface area contributed by atoms with Crippen LogP contribution in [0.3, 0.4) is 0 Å². The highest BCUT2D eigenvalue weighted by Gasteiger charge is 2.23. The van der Waals surface area contributed by atoms with Crippen LogP contribution in [0.25, 0.3) is 0 Å². The maximum absolute atomic E-state index is 12.3. The second kappa shape index (κ2) is 8.85. The van der Waals surface area contributed by atoms with Crippen LogP contribution in [-0.2, 0) is 4.79 Å². The van der Waals surface area contributed by atoms with E-state index in [0.29, 0.717) is 18.5 Å². The molecule has 1 aliphatic heterocycles. The number of nitrogens with one attached hydrogen (secondary N) is 1. The van der Waals surface area contributed by atoms with Gasteiger partial charge in [-0.25, -0.2) is 0 Å². The van der Waals surface area contributed by atoms with E-state index in [9.17, 15) is 4.79 Å². The molecule has 1 amide bonds. The Hall–Kier alpha value is -0.320. The fourth-order valence-electron chi connectivity index (χ4n) is 3.27. The minimum absolute atomic E-state index is 0. The van der Waals surface area contributed by atoms with Gasteiger partial charge in [0.1, 0.15) is 0 Å². The van der Waals surface area contributed by atoms with Gasteiger partial charge in [0.25, 0.3) is 0 Å². The molecule has 2 aliphatic rings. The molecule has 20 heavy (non-hydrogen) atoms. The zero-order chi connectivity index (χ0) is 13.7. The smallest absolute Gasteiger partial charge is 0.236 e. The van der Waals surface area contributed by atoms with Crippen molar-refractivity contribution in [1.82, 2.24) is 15.1 Å². The first-order valence-electron chi connectivity index (χ1n) is 7.85. The molecular weight excluding hydrogens is 274 g/mol. The van der Waals surface area contributed by atoms with Crippen molar-refractivity contribution < 1.29 is 4.79 Å². The number of carbonyl (C=O) groups excluding carboxylic acids is 1. The van der Waals surface area contributed by atoms with Gasteiger partial charge in [-0.15, -0.1) is 12.4 Å². The maximum atomic E-state index is 12.3. The summed E-state index contributed by atoms with van der Waals surface area (Å²) < 4.78 is 0. The van der Waals surface area contributed by atoms with E-state index < -0.39 is 0 Å². The molecule has 1 saturated heterocycles. The summed E-state index contributed by atoms with van der Waals surface area (Å²) in [6.45, 7) is 6.74. The minimum atomic E-state index is 0. The lowest BCUT2D eigenvalue weighted by Gasteiger charge is -2.35. The number of rotatable bonds is 4. The van der Waals surface area contributed by atoms with E-state index in [1.54, 1.807) is 0 Å². The highest BCUT2D eigenvalue weighted by molar-refractivity contribution is 5.85. The zero-order valence-electron chi connectivity index (χ0n) is 12.9. The van der Waals surface area contributed by atoms with Crippen molar-refractivity contribution in [1.29, 1.82) is 0 Å². The van der Waals surface area contributed by atoms with Crippen LogP contribution < -0.4 is 5.32 Å². The van der Waals surface area contributed by atoms with Gasteiger partial charge >= 0.3 is 0 Å². The maximum Gasteiger partial charge on any atom is 0.236 e. The monoisotopic (exact) mass is 303 g/mol. The molecule has 2 rings (SSSR count). The van der Waals surface area contributed by atoms with Crippen LogP contribution in [0.5, 0.6) is 0 Å². The molecule has 1 saturated carbocycles. The van der Waals surface area contributed by atoms with Crippen molar-refractivity contribution in [2.24, 2.45) is 5.92 Å². The predicted molar refractivity (Wildman–Crippen MR) is 85.4 cm³/mol. The number of carbonyl (C=O) groups is 1. The van der Waals surface area contributed by atoms with Crippen molar-refractivity contribution in [3.8, 4) is 0 Å². The van der Waals surface area contributed by atoms with E-state index in [1.165, 1.54) is 32.1 Å². The van der Waals surface area contributed by atoms with Gasteiger partial charge < -0.3 is 10.2 Å². The number of amides is 1. The molecule has 1 atom stereocenters. The molecule has 0 spiro atoms. The van der Waals surface area contributed by atoms with Crippen molar-refractivity contribution in [3.63, 3.8) is 0 Å². The summed E-state index contributed by atoms with van der Waals surface area (Å²) >= 11 is 0. The van der Waals surface area contributed by atoms with Crippen LogP contribution in [0, 0.1) is 5.92 Å². The molecule has 4 nitrogen and oxygen atoms in total. The number of hydrogen-bond donors (Lipinski definition) is 1. The van der Waals surface area contributed by atoms with Gasteiger partial charge in [-0.05, 0) is 25.7 Å². The average molecular weight is 304 g/mol. The van der Waals surface area contributed by atoms with Crippen molar-refractivity contribution in [3.05, 3.63) is 0 Å². The number of piperazine rings is 1. The average Bonchev–Trinajstić information content (AvgIpc) is 2.42. The first-order chi connectivity index (χ1) is 9.16. The highest BCUT2D eigenvalue weighted by Crippen LogP contribution is 2.24. The van der Waals surface area contributed by atoms with Crippen LogP contribution in [0.15, 0.2) is 0 Å². The standard InChI is InChI=1S/C15H29N3O.ClH/c1-13-10-16-8-9-18(13)12-15(19)17(2)11-14-6-4-3-5-7-14;/h13-14,16H,3-12H2,1-2H3;1H/t13-;/m1./s1. The molecule has 0 aromatic rings. The Kier molecular flexibility index (Phi) is 7.85. The van der Waals surface area contributed by atoms with E-state index in [-0.39, 0.29) is 12.4 Å². The molecular formula is C15H30ClN3O. The van der Waals surface area contributed by atoms with Gasteiger partial charge in [-0.1, -0.05) is 19.3 Å². The normalized spacial score (nSPS) is 25.0. The van der Waals surface area contributed by atoms with Crippen LogP contribution in [0.1, 0.15) is 39.0 Å². The third-order valence-corrected chi connectivity index (χ3v) is 4.66. The molecule has 1 N–H and O–H groups in total. The third-order valence-electron chi connectivity index (χ3n) is 4.66. The molecule has 0 radical (unpaired) electrons. The molecule has 1 heterocycles. The lowest BCUT2D eigenvalue weighted by atomic mass is 9.89. The summed E-state index contributed by atoms with van der Waals surface area (Å²) in [5.74, 6) is 1.03. The van der Waals surface area contributed by atoms with Gasteiger partial charge in [-0.2, -0.15) is 0 Å². The lowest BCUT2D eigenvalue weighted by Crippen LogP contribution is -2.53. The van der Waals surface area contributed by atoms with Gasteiger partial charge in [0, 0.05) is 39.3 Å². The highest BCUT2D eigenvalue weighted by atomic mass is 35.5. The number of halogens is 1. The number of hydrogen-bond acceptors (Lipinski definition) is 3. The van der Waals surface area contributed by atoms with Crippen LogP contribution in [0.4, 0.5) is 0 Å². The largest absolute Gasteiger partial charge is 0.344 e. The van der Waals surface area contributed by atoms with Crippen molar-refractivity contribution in [2.45, 2.75) is 45.1 Å². The van der Waals surface area contributed by atoms with E-state index in [4.69, 9.17) is 0 Å². The van der Waals surface area contributed by atoms with Crippen molar-refractivity contribution in [2.75, 3.05) is 39.8 Å². The van der Waals surface area contributed by atoms with Crippen LogP contribution in [-0.4, -0.2) is 61.5 Å². The topological polar surface area (TPSA) is 35.6 Å². The summed E-state index contributed by atoms with van der Waals surface area (Å²) in [5, 5.41) is 3.37. The summed E-state index contributed by atoms with van der Waals surface area (Å²) in [5.41, 5.74) is 0. The van der Waals surface area contributed by atoms with E-state index in [0.717, 1.165) is 32.1 Å². The third kappa shape index (κ3) is 5.23. The van der Waals surface area contributed by atoms with Gasteiger partial charge in [0.05, 0.1) is 6.54 Å². The Morgan fingerprint density at radius 3 is 2.65 bits per heavy atom. The Balaban J connectivity index is 0.00000200. The first-order valence-corrected chi connectivity index (χ1v) is 7.85. The first kappa shape index (κ1) is 17.7. The number of likely N-dealkylation sites (N-methyl/N-ethyl adjacent to an activating group) is 1. The summed E-state index contributed by atoms with van der Waals surface area (Å²) in [6, 6.07) is 0.473. The second-order valence-electron chi connectivity index (χ2n) is 6.30. The lowest BCUT2D eigenvalue weighted by molar-refractivity contribution is -0.132. The van der Waals surface area contributed by atoms with E-state index >= 15 is 0 Å². The van der Waals surface area contributed by atoms with Crippen LogP contribution in [0.2, 0.25) is 0 Å². The Bertz CT molecular complexity index is 295. The molecule has 2 fully saturated rings. The van der Waals surface area contributed by atoms with Gasteiger partial charge in [0.15, 0.2) is 0 Å². The fourth-order valence-corrected chi connectivity index (χ4v) is 3.27. The SMILES string of the molecule is C[C@@H]1CNCCN1CC(=O)N(C)CC1CCCCC1.Cl. The molecule has 0 aromatic heterocycles. The van der Waals surface area contributed by atoms with Crippen LogP contribution >= 0.6 is 12.4 Å². The Morgan fingerprint density at radius 2 is 2.00 bits per heavy atom. The fraction of sp³-hybridized carbons (Fsp3) is 0.933. The second-order valence-corrected chi connectivity index (χ2v) is 6.30. The van der Waals surface area contributed by atoms with Crippen molar-refractivity contribution >= 4 is 18.3 Å². The zero-order valence-corrected chi connectivity index (χ0v) is 13.8. The molecule has 0 aromatic carbocycles. The summed E-state index contributed by atoms with van der Waals surface area (Å²) in [6.07, 6.45) is 6.69. The Labute approximate surface area is 129 Å². The molecule has 1 aliphatic carbocycles. The molecule has 118 valence electrons. The Morgan fingerprint density at radius 1 is 1.30 bits per heavy atom. The van der Waals surface area contributed by atoms with E-state index in [1.807, 2.05) is 11.9 Å². The summed E-state index contributed by atoms with van der Waals surface area (Å²) in [4.78, 5) is 16.6. The minimum Gasteiger partial charge on any atom is -0.344 e.